The van der Waals surface area contributed by atoms with Crippen molar-refractivity contribution in [1.29, 1.82) is 0 Å². The topological polar surface area (TPSA) is 17.1 Å². The average Bonchev–Trinajstić information content (AvgIpc) is 2.35. The molecule has 2 aromatic rings. The van der Waals surface area contributed by atoms with Gasteiger partial charge in [-0.15, -0.1) is 0 Å². The Morgan fingerprint density at radius 3 is 2.44 bits per heavy atom. The molecule has 92 valence electrons. The number of carbonyl (C=O) groups is 1. The molecule has 0 spiro atoms. The number of halogens is 4. The SMILES string of the molecule is O=C(c1cc(F)ccc1F)c1cccc(Cl)c1F. The second kappa shape index (κ2) is 4.82. The molecule has 18 heavy (non-hydrogen) atoms. The van der Waals surface area contributed by atoms with Crippen molar-refractivity contribution in [2.75, 3.05) is 0 Å². The zero-order valence-corrected chi connectivity index (χ0v) is 9.64. The summed E-state index contributed by atoms with van der Waals surface area (Å²) in [6, 6.07) is 6.18. The molecule has 0 bridgehead atoms. The lowest BCUT2D eigenvalue weighted by Gasteiger charge is -2.05. The Labute approximate surface area is 106 Å². The lowest BCUT2D eigenvalue weighted by Crippen LogP contribution is -2.07. The van der Waals surface area contributed by atoms with Crippen molar-refractivity contribution in [3.8, 4) is 0 Å². The minimum atomic E-state index is -0.952. The van der Waals surface area contributed by atoms with E-state index in [2.05, 4.69) is 0 Å². The van der Waals surface area contributed by atoms with Crippen LogP contribution >= 0.6 is 11.6 Å². The van der Waals surface area contributed by atoms with E-state index in [1.165, 1.54) is 12.1 Å². The van der Waals surface area contributed by atoms with Crippen LogP contribution in [0.2, 0.25) is 5.02 Å². The maximum atomic E-state index is 13.6. The number of carbonyl (C=O) groups excluding carboxylic acids is 1. The van der Waals surface area contributed by atoms with Crippen molar-refractivity contribution in [2.24, 2.45) is 0 Å². The van der Waals surface area contributed by atoms with E-state index in [1.54, 1.807) is 0 Å². The Kier molecular flexibility index (Phi) is 3.39. The van der Waals surface area contributed by atoms with Gasteiger partial charge in [0.2, 0.25) is 0 Å². The number of benzene rings is 2. The maximum absolute atomic E-state index is 13.6. The van der Waals surface area contributed by atoms with Crippen molar-refractivity contribution >= 4 is 17.4 Å². The molecule has 0 aliphatic heterocycles. The summed E-state index contributed by atoms with van der Waals surface area (Å²) in [7, 11) is 0. The molecule has 0 fully saturated rings. The van der Waals surface area contributed by atoms with Gasteiger partial charge in [0.15, 0.2) is 11.6 Å². The first-order valence-electron chi connectivity index (χ1n) is 4.94. The number of rotatable bonds is 2. The first-order valence-corrected chi connectivity index (χ1v) is 5.32. The number of ketones is 1. The highest BCUT2D eigenvalue weighted by Gasteiger charge is 2.19. The van der Waals surface area contributed by atoms with Gasteiger partial charge >= 0.3 is 0 Å². The van der Waals surface area contributed by atoms with Crippen molar-refractivity contribution in [3.63, 3.8) is 0 Å². The third-order valence-electron chi connectivity index (χ3n) is 2.37. The van der Waals surface area contributed by atoms with Crippen molar-refractivity contribution in [1.82, 2.24) is 0 Å². The Hall–Kier alpha value is -1.81. The van der Waals surface area contributed by atoms with Crippen LogP contribution in [0.3, 0.4) is 0 Å². The third-order valence-corrected chi connectivity index (χ3v) is 2.66. The number of hydrogen-bond donors (Lipinski definition) is 0. The van der Waals surface area contributed by atoms with Crippen LogP contribution in [0.5, 0.6) is 0 Å². The van der Waals surface area contributed by atoms with Gasteiger partial charge in [-0.2, -0.15) is 0 Å². The lowest BCUT2D eigenvalue weighted by molar-refractivity contribution is 0.103. The molecule has 2 rings (SSSR count). The van der Waals surface area contributed by atoms with Crippen molar-refractivity contribution in [2.45, 2.75) is 0 Å². The summed E-state index contributed by atoms with van der Waals surface area (Å²) in [4.78, 5) is 11.9. The van der Waals surface area contributed by atoms with E-state index in [0.717, 1.165) is 24.3 Å². The molecule has 1 nitrogen and oxygen atoms in total. The maximum Gasteiger partial charge on any atom is 0.199 e. The van der Waals surface area contributed by atoms with Crippen LogP contribution in [-0.4, -0.2) is 5.78 Å². The van der Waals surface area contributed by atoms with Gasteiger partial charge in [0.05, 0.1) is 16.1 Å². The Morgan fingerprint density at radius 1 is 1.00 bits per heavy atom. The first-order chi connectivity index (χ1) is 8.50. The molecule has 2 aromatic carbocycles. The minimum Gasteiger partial charge on any atom is -0.288 e. The normalized spacial score (nSPS) is 10.4. The van der Waals surface area contributed by atoms with Crippen molar-refractivity contribution in [3.05, 3.63) is 70.0 Å². The fourth-order valence-electron chi connectivity index (χ4n) is 1.50. The largest absolute Gasteiger partial charge is 0.288 e. The molecule has 5 heteroatoms. The molecule has 0 radical (unpaired) electrons. The van der Waals surface area contributed by atoms with E-state index in [0.29, 0.717) is 0 Å². The molecule has 0 atom stereocenters. The summed E-state index contributed by atoms with van der Waals surface area (Å²) in [5, 5.41) is -0.252. The molecule has 0 N–H and O–H groups in total. The zero-order chi connectivity index (χ0) is 13.3. The van der Waals surface area contributed by atoms with Crippen LogP contribution in [0.15, 0.2) is 36.4 Å². The summed E-state index contributed by atoms with van der Waals surface area (Å²) < 4.78 is 40.0. The smallest absolute Gasteiger partial charge is 0.199 e. The molecule has 0 amide bonds. The molecule has 0 unspecified atom stereocenters. The molecule has 0 heterocycles. The van der Waals surface area contributed by atoms with Gasteiger partial charge in [0, 0.05) is 0 Å². The van der Waals surface area contributed by atoms with Gasteiger partial charge in [-0.05, 0) is 30.3 Å². The van der Waals surface area contributed by atoms with Crippen LogP contribution in [0.25, 0.3) is 0 Å². The van der Waals surface area contributed by atoms with Gasteiger partial charge in [-0.3, -0.25) is 4.79 Å². The summed E-state index contributed by atoms with van der Waals surface area (Å²) in [5.41, 5.74) is -0.928. The van der Waals surface area contributed by atoms with E-state index < -0.39 is 34.4 Å². The predicted molar refractivity (Wildman–Crippen MR) is 61.2 cm³/mol. The fraction of sp³-hybridized carbons (Fsp3) is 0. The molecule has 0 aliphatic carbocycles. The van der Waals surface area contributed by atoms with Gasteiger partial charge in [0.25, 0.3) is 0 Å². The second-order valence-electron chi connectivity index (χ2n) is 3.55. The van der Waals surface area contributed by atoms with Crippen LogP contribution in [-0.2, 0) is 0 Å². The van der Waals surface area contributed by atoms with Gasteiger partial charge in [-0.1, -0.05) is 17.7 Å². The van der Waals surface area contributed by atoms with Gasteiger partial charge in [-0.25, -0.2) is 13.2 Å². The predicted octanol–water partition coefficient (Wildman–Crippen LogP) is 3.99. The molecular weight excluding hydrogens is 265 g/mol. The summed E-state index contributed by atoms with van der Waals surface area (Å²) in [6.07, 6.45) is 0. The Bertz CT molecular complexity index is 622. The summed E-state index contributed by atoms with van der Waals surface area (Å²) >= 11 is 5.52. The monoisotopic (exact) mass is 270 g/mol. The van der Waals surface area contributed by atoms with E-state index in [-0.39, 0.29) is 5.02 Å². The van der Waals surface area contributed by atoms with Crippen LogP contribution in [0.4, 0.5) is 13.2 Å². The van der Waals surface area contributed by atoms with Gasteiger partial charge in [0.1, 0.15) is 11.6 Å². The molecule has 0 saturated heterocycles. The van der Waals surface area contributed by atoms with E-state index in [1.807, 2.05) is 0 Å². The second-order valence-corrected chi connectivity index (χ2v) is 3.96. The average molecular weight is 271 g/mol. The third kappa shape index (κ3) is 2.24. The van der Waals surface area contributed by atoms with Crippen LogP contribution in [0, 0.1) is 17.5 Å². The molecular formula is C13H6ClF3O. The zero-order valence-electron chi connectivity index (χ0n) is 8.88. The molecule has 0 aliphatic rings. The van der Waals surface area contributed by atoms with Crippen LogP contribution < -0.4 is 0 Å². The highest BCUT2D eigenvalue weighted by atomic mass is 35.5. The summed E-state index contributed by atoms with van der Waals surface area (Å²) in [5.74, 6) is -3.59. The molecule has 0 saturated carbocycles. The lowest BCUT2D eigenvalue weighted by atomic mass is 10.0. The minimum absolute atomic E-state index is 0.252. The van der Waals surface area contributed by atoms with E-state index >= 15 is 0 Å². The highest BCUT2D eigenvalue weighted by Crippen LogP contribution is 2.22. The summed E-state index contributed by atoms with van der Waals surface area (Å²) in [6.45, 7) is 0. The molecule has 0 aromatic heterocycles. The number of hydrogen-bond acceptors (Lipinski definition) is 1. The van der Waals surface area contributed by atoms with Crippen molar-refractivity contribution < 1.29 is 18.0 Å². The van der Waals surface area contributed by atoms with Crippen LogP contribution in [0.1, 0.15) is 15.9 Å². The standard InChI is InChI=1S/C13H6ClF3O/c14-10-3-1-2-8(12(10)17)13(18)9-6-7(15)4-5-11(9)16/h1-6H. The quantitative estimate of drug-likeness (QED) is 0.754. The Balaban J connectivity index is 2.55. The van der Waals surface area contributed by atoms with Gasteiger partial charge < -0.3 is 0 Å². The highest BCUT2D eigenvalue weighted by molar-refractivity contribution is 6.31. The Morgan fingerprint density at radius 2 is 1.72 bits per heavy atom. The van der Waals surface area contributed by atoms with E-state index in [4.69, 9.17) is 11.6 Å². The van der Waals surface area contributed by atoms with E-state index in [9.17, 15) is 18.0 Å². The fourth-order valence-corrected chi connectivity index (χ4v) is 1.67. The first kappa shape index (κ1) is 12.6.